The van der Waals surface area contributed by atoms with Gasteiger partial charge in [-0.1, -0.05) is 29.3 Å². The number of unbranched alkanes of at least 4 members (excludes halogenated alkanes) is 1. The normalized spacial score (nSPS) is 11.4. The fourth-order valence-electron chi connectivity index (χ4n) is 1.55. The number of ether oxygens (including phenoxy) is 1. The average molecular weight is 341 g/mol. The molecule has 1 rings (SSSR count). The summed E-state index contributed by atoms with van der Waals surface area (Å²) >= 11 is 3.35. The Balaban J connectivity index is 2.71. The number of aromatic nitrogens is 1. The molecular formula is C12H16BrF3N2O. The highest BCUT2D eigenvalue weighted by Crippen LogP contribution is 2.23. The van der Waals surface area contributed by atoms with E-state index in [0.717, 1.165) is 37.5 Å². The van der Waals surface area contributed by atoms with E-state index in [0.29, 0.717) is 5.82 Å². The van der Waals surface area contributed by atoms with Crippen molar-refractivity contribution in [2.75, 3.05) is 23.3 Å². The topological polar surface area (TPSA) is 25.4 Å². The summed E-state index contributed by atoms with van der Waals surface area (Å²) in [6, 6.07) is 2.82. The van der Waals surface area contributed by atoms with Crippen LogP contribution in [0.15, 0.2) is 18.3 Å². The molecule has 0 fully saturated rings. The van der Waals surface area contributed by atoms with Crippen molar-refractivity contribution in [2.24, 2.45) is 0 Å². The predicted octanol–water partition coefficient (Wildman–Crippen LogP) is 3.98. The van der Waals surface area contributed by atoms with Crippen molar-refractivity contribution in [1.29, 1.82) is 0 Å². The van der Waals surface area contributed by atoms with Crippen LogP contribution in [0, 0.1) is 0 Å². The number of rotatable bonds is 7. The van der Waals surface area contributed by atoms with Gasteiger partial charge in [-0.15, -0.1) is 13.2 Å². The van der Waals surface area contributed by atoms with Crippen molar-refractivity contribution in [2.45, 2.75) is 26.1 Å². The van der Waals surface area contributed by atoms with Crippen LogP contribution in [-0.4, -0.2) is 29.8 Å². The SMILES string of the molecule is CCCCN(CCBr)c1ccc(OC(F)(F)F)cn1. The van der Waals surface area contributed by atoms with Crippen LogP contribution in [-0.2, 0) is 0 Å². The second kappa shape index (κ2) is 7.57. The Labute approximate surface area is 118 Å². The van der Waals surface area contributed by atoms with Gasteiger partial charge in [-0.25, -0.2) is 4.98 Å². The molecule has 0 aliphatic heterocycles. The smallest absolute Gasteiger partial charge is 0.404 e. The van der Waals surface area contributed by atoms with Gasteiger partial charge in [-0.3, -0.25) is 0 Å². The Morgan fingerprint density at radius 1 is 1.32 bits per heavy atom. The first-order chi connectivity index (χ1) is 8.96. The molecule has 0 aromatic carbocycles. The van der Waals surface area contributed by atoms with Gasteiger partial charge in [0.25, 0.3) is 0 Å². The van der Waals surface area contributed by atoms with E-state index in [-0.39, 0.29) is 5.75 Å². The average Bonchev–Trinajstić information content (AvgIpc) is 2.34. The van der Waals surface area contributed by atoms with E-state index in [4.69, 9.17) is 0 Å². The maximum atomic E-state index is 12.0. The van der Waals surface area contributed by atoms with Gasteiger partial charge in [0.1, 0.15) is 11.6 Å². The highest BCUT2D eigenvalue weighted by atomic mass is 79.9. The molecule has 1 heterocycles. The van der Waals surface area contributed by atoms with Gasteiger partial charge in [0.05, 0.1) is 6.20 Å². The van der Waals surface area contributed by atoms with Crippen molar-refractivity contribution < 1.29 is 17.9 Å². The summed E-state index contributed by atoms with van der Waals surface area (Å²) < 4.78 is 39.9. The van der Waals surface area contributed by atoms with Crippen LogP contribution in [0.1, 0.15) is 19.8 Å². The Bertz CT molecular complexity index is 370. The van der Waals surface area contributed by atoms with Crippen molar-refractivity contribution in [1.82, 2.24) is 4.98 Å². The summed E-state index contributed by atoms with van der Waals surface area (Å²) in [5.74, 6) is 0.355. The summed E-state index contributed by atoms with van der Waals surface area (Å²) in [4.78, 5) is 6.04. The standard InChI is InChI=1S/C12H16BrF3N2O/c1-2-3-7-18(8-6-13)11-5-4-10(9-17-11)19-12(14,15)16/h4-5,9H,2-3,6-8H2,1H3. The minimum Gasteiger partial charge on any atom is -0.404 e. The van der Waals surface area contributed by atoms with Gasteiger partial charge >= 0.3 is 6.36 Å². The van der Waals surface area contributed by atoms with Crippen LogP contribution in [0.2, 0.25) is 0 Å². The van der Waals surface area contributed by atoms with E-state index in [1.165, 1.54) is 6.07 Å². The highest BCUT2D eigenvalue weighted by Gasteiger charge is 2.31. The number of anilines is 1. The highest BCUT2D eigenvalue weighted by molar-refractivity contribution is 9.09. The molecule has 0 spiro atoms. The molecule has 0 radical (unpaired) electrons. The first kappa shape index (κ1) is 16.1. The number of pyridine rings is 1. The zero-order valence-corrected chi connectivity index (χ0v) is 12.2. The maximum Gasteiger partial charge on any atom is 0.573 e. The third kappa shape index (κ3) is 6.13. The molecule has 0 aliphatic carbocycles. The second-order valence-corrected chi connectivity index (χ2v) is 4.72. The van der Waals surface area contributed by atoms with Gasteiger partial charge in [0.2, 0.25) is 0 Å². The molecule has 0 saturated heterocycles. The molecule has 108 valence electrons. The van der Waals surface area contributed by atoms with Crippen LogP contribution in [0.25, 0.3) is 0 Å². The summed E-state index contributed by atoms with van der Waals surface area (Å²) in [6.45, 7) is 3.67. The van der Waals surface area contributed by atoms with Gasteiger partial charge < -0.3 is 9.64 Å². The molecule has 0 bridgehead atoms. The fraction of sp³-hybridized carbons (Fsp3) is 0.583. The van der Waals surface area contributed by atoms with E-state index in [9.17, 15) is 13.2 Å². The minimum absolute atomic E-state index is 0.300. The van der Waals surface area contributed by atoms with E-state index < -0.39 is 6.36 Å². The molecular weight excluding hydrogens is 325 g/mol. The Morgan fingerprint density at radius 3 is 2.53 bits per heavy atom. The summed E-state index contributed by atoms with van der Waals surface area (Å²) in [5, 5.41) is 0.777. The predicted molar refractivity (Wildman–Crippen MR) is 71.8 cm³/mol. The third-order valence-electron chi connectivity index (χ3n) is 2.41. The van der Waals surface area contributed by atoms with Crippen LogP contribution in [0.4, 0.5) is 19.0 Å². The Kier molecular flexibility index (Phi) is 6.41. The molecule has 0 N–H and O–H groups in total. The lowest BCUT2D eigenvalue weighted by Crippen LogP contribution is -2.27. The summed E-state index contributed by atoms with van der Waals surface area (Å²) in [6.07, 6.45) is -1.53. The van der Waals surface area contributed by atoms with Crippen LogP contribution >= 0.6 is 15.9 Å². The number of alkyl halides is 4. The summed E-state index contributed by atoms with van der Waals surface area (Å²) in [7, 11) is 0. The lowest BCUT2D eigenvalue weighted by atomic mass is 10.3. The number of halogens is 4. The monoisotopic (exact) mass is 340 g/mol. The quantitative estimate of drug-likeness (QED) is 0.702. The number of hydrogen-bond acceptors (Lipinski definition) is 3. The first-order valence-electron chi connectivity index (χ1n) is 5.99. The van der Waals surface area contributed by atoms with Crippen molar-refractivity contribution in [3.05, 3.63) is 18.3 Å². The summed E-state index contributed by atoms with van der Waals surface area (Å²) in [5.41, 5.74) is 0. The molecule has 7 heteroatoms. The van der Waals surface area contributed by atoms with E-state index >= 15 is 0 Å². The molecule has 0 aliphatic rings. The van der Waals surface area contributed by atoms with E-state index in [1.807, 2.05) is 4.90 Å². The Morgan fingerprint density at radius 2 is 2.05 bits per heavy atom. The maximum absolute atomic E-state index is 12.0. The Hall–Kier alpha value is -0.980. The fourth-order valence-corrected chi connectivity index (χ4v) is 1.97. The van der Waals surface area contributed by atoms with Crippen molar-refractivity contribution in [3.8, 4) is 5.75 Å². The van der Waals surface area contributed by atoms with E-state index in [1.54, 1.807) is 6.07 Å². The zero-order chi connectivity index (χ0) is 14.3. The lowest BCUT2D eigenvalue weighted by Gasteiger charge is -2.22. The van der Waals surface area contributed by atoms with Crippen LogP contribution in [0.3, 0.4) is 0 Å². The minimum atomic E-state index is -4.68. The molecule has 3 nitrogen and oxygen atoms in total. The molecule has 0 atom stereocenters. The zero-order valence-electron chi connectivity index (χ0n) is 10.6. The number of nitrogens with zero attached hydrogens (tertiary/aromatic N) is 2. The first-order valence-corrected chi connectivity index (χ1v) is 7.11. The largest absolute Gasteiger partial charge is 0.573 e. The lowest BCUT2D eigenvalue weighted by molar-refractivity contribution is -0.274. The van der Waals surface area contributed by atoms with Gasteiger partial charge in [0, 0.05) is 18.4 Å². The molecule has 0 saturated carbocycles. The van der Waals surface area contributed by atoms with Gasteiger partial charge in [-0.05, 0) is 18.6 Å². The second-order valence-electron chi connectivity index (χ2n) is 3.93. The van der Waals surface area contributed by atoms with Crippen molar-refractivity contribution >= 4 is 21.7 Å². The molecule has 1 aromatic rings. The molecule has 0 unspecified atom stereocenters. The van der Waals surface area contributed by atoms with Gasteiger partial charge in [0.15, 0.2) is 0 Å². The molecule has 0 amide bonds. The number of hydrogen-bond donors (Lipinski definition) is 0. The molecule has 1 aromatic heterocycles. The van der Waals surface area contributed by atoms with Crippen molar-refractivity contribution in [3.63, 3.8) is 0 Å². The van der Waals surface area contributed by atoms with E-state index in [2.05, 4.69) is 32.6 Å². The van der Waals surface area contributed by atoms with Gasteiger partial charge in [-0.2, -0.15) is 0 Å². The third-order valence-corrected chi connectivity index (χ3v) is 2.77. The van der Waals surface area contributed by atoms with Crippen LogP contribution in [0.5, 0.6) is 5.75 Å². The molecule has 19 heavy (non-hydrogen) atoms. The van der Waals surface area contributed by atoms with Crippen LogP contribution < -0.4 is 9.64 Å².